The van der Waals surface area contributed by atoms with E-state index in [-0.39, 0.29) is 0 Å². The van der Waals surface area contributed by atoms with Crippen LogP contribution in [0.4, 0.5) is 5.69 Å². The van der Waals surface area contributed by atoms with Crippen molar-refractivity contribution in [3.05, 3.63) is 65.9 Å². The highest BCUT2D eigenvalue weighted by molar-refractivity contribution is 5.99. The summed E-state index contributed by atoms with van der Waals surface area (Å²) in [6.07, 6.45) is 10.6. The minimum Gasteiger partial charge on any atom is -0.398 e. The Morgan fingerprint density at radius 2 is 1.94 bits per heavy atom. The van der Waals surface area contributed by atoms with Gasteiger partial charge in [-0.2, -0.15) is 0 Å². The molecule has 5 rings (SSSR count). The second-order valence-electron chi connectivity index (χ2n) is 8.48. The largest absolute Gasteiger partial charge is 0.398 e. The van der Waals surface area contributed by atoms with Crippen LogP contribution in [-0.2, 0) is 6.54 Å². The van der Waals surface area contributed by atoms with Crippen LogP contribution in [0, 0.1) is 11.8 Å². The topological polar surface area (TPSA) is 53.6 Å². The summed E-state index contributed by atoms with van der Waals surface area (Å²) >= 11 is 0. The van der Waals surface area contributed by atoms with Gasteiger partial charge < -0.3 is 10.6 Å². The first-order valence-electron chi connectivity index (χ1n) is 11.4. The van der Waals surface area contributed by atoms with Crippen LogP contribution in [0.1, 0.15) is 30.0 Å². The molecule has 6 heteroatoms. The highest BCUT2D eigenvalue weighted by Gasteiger charge is 2.17. The van der Waals surface area contributed by atoms with E-state index >= 15 is 0 Å². The van der Waals surface area contributed by atoms with Crippen molar-refractivity contribution in [2.45, 2.75) is 19.9 Å². The van der Waals surface area contributed by atoms with Crippen molar-refractivity contribution < 1.29 is 0 Å². The Balaban J connectivity index is 1.30. The molecule has 2 aromatic carbocycles. The van der Waals surface area contributed by atoms with Crippen LogP contribution in [0.2, 0.25) is 0 Å². The summed E-state index contributed by atoms with van der Waals surface area (Å²) in [5, 5.41) is 4.35. The molecular weight excluding hydrogens is 396 g/mol. The third-order valence-electron chi connectivity index (χ3n) is 6.54. The summed E-state index contributed by atoms with van der Waals surface area (Å²) in [5.74, 6) is 6.74. The number of nitrogens with zero attached hydrogens (tertiary/aromatic N) is 5. The molecule has 2 N–H and O–H groups in total. The van der Waals surface area contributed by atoms with Gasteiger partial charge in [-0.1, -0.05) is 24.8 Å². The Hall–Kier alpha value is -3.27. The predicted molar refractivity (Wildman–Crippen MR) is 132 cm³/mol. The van der Waals surface area contributed by atoms with Crippen LogP contribution in [0.3, 0.4) is 0 Å². The van der Waals surface area contributed by atoms with Gasteiger partial charge in [0.15, 0.2) is 0 Å². The van der Waals surface area contributed by atoms with Crippen LogP contribution in [0.15, 0.2) is 49.2 Å². The summed E-state index contributed by atoms with van der Waals surface area (Å²) < 4.78 is 1.98. The molecule has 0 atom stereocenters. The summed E-state index contributed by atoms with van der Waals surface area (Å²) in [5.41, 5.74) is 10.7. The average Bonchev–Trinajstić information content (AvgIpc) is 3.37. The van der Waals surface area contributed by atoms with Crippen molar-refractivity contribution in [2.75, 3.05) is 50.0 Å². The van der Waals surface area contributed by atoms with Gasteiger partial charge in [0.05, 0.1) is 6.54 Å². The van der Waals surface area contributed by atoms with Gasteiger partial charge in [0.2, 0.25) is 0 Å². The van der Waals surface area contributed by atoms with E-state index in [4.69, 9.17) is 5.73 Å². The molecule has 2 aliphatic rings. The zero-order chi connectivity index (χ0) is 21.9. The third kappa shape index (κ3) is 4.22. The molecule has 1 aromatic heterocycles. The number of likely N-dealkylation sites (N-methyl/N-ethyl adjacent to an activating group) is 1. The van der Waals surface area contributed by atoms with Crippen LogP contribution in [0.5, 0.6) is 0 Å². The molecule has 164 valence electrons. The molecule has 2 aliphatic heterocycles. The standard InChI is InChI=1S/C26H30N6/c1-2-29-13-15-30(16-14-29)10-4-3-5-21-6-7-24-22(17-21)18-23-19-31(32-12-9-28-20-32)11-8-25(23)26(24)27/h6-9,11-12,17-18,20H,2,4,10,13-16,19,27H2,1H3. The Morgan fingerprint density at radius 1 is 1.09 bits per heavy atom. The number of hydrogen-bond acceptors (Lipinski definition) is 5. The highest BCUT2D eigenvalue weighted by Crippen LogP contribution is 2.32. The molecule has 1 fully saturated rings. The van der Waals surface area contributed by atoms with Gasteiger partial charge in [-0.05, 0) is 41.8 Å². The smallest absolute Gasteiger partial charge is 0.114 e. The normalized spacial score (nSPS) is 16.7. The van der Waals surface area contributed by atoms with Crippen LogP contribution in [-0.4, -0.2) is 58.7 Å². The number of fused-ring (bicyclic) bond motifs is 2. The number of hydrogen-bond donors (Lipinski definition) is 1. The number of aromatic nitrogens is 2. The fraction of sp³-hybridized carbons (Fsp3) is 0.346. The molecule has 0 bridgehead atoms. The number of piperazine rings is 1. The second-order valence-corrected chi connectivity index (χ2v) is 8.48. The molecule has 3 aromatic rings. The fourth-order valence-corrected chi connectivity index (χ4v) is 4.57. The van der Waals surface area contributed by atoms with E-state index in [0.29, 0.717) is 0 Å². The molecular formula is C26H30N6. The number of nitrogen functional groups attached to an aromatic ring is 1. The molecule has 6 nitrogen and oxygen atoms in total. The van der Waals surface area contributed by atoms with Crippen molar-refractivity contribution in [3.63, 3.8) is 0 Å². The zero-order valence-corrected chi connectivity index (χ0v) is 18.7. The summed E-state index contributed by atoms with van der Waals surface area (Å²) in [6, 6.07) is 8.60. The third-order valence-corrected chi connectivity index (χ3v) is 6.54. The first-order valence-corrected chi connectivity index (χ1v) is 11.4. The van der Waals surface area contributed by atoms with Gasteiger partial charge in [0, 0.05) is 79.9 Å². The number of rotatable bonds is 4. The van der Waals surface area contributed by atoms with E-state index in [1.165, 1.54) is 18.7 Å². The highest BCUT2D eigenvalue weighted by atomic mass is 15.5. The molecule has 0 radical (unpaired) electrons. The van der Waals surface area contributed by atoms with Gasteiger partial charge in [-0.15, -0.1) is 0 Å². The lowest BCUT2D eigenvalue weighted by atomic mass is 9.95. The molecule has 0 spiro atoms. The Kier molecular flexibility index (Phi) is 5.85. The van der Waals surface area contributed by atoms with Gasteiger partial charge in [-0.3, -0.25) is 9.91 Å². The Labute approximate surface area is 189 Å². The predicted octanol–water partition coefficient (Wildman–Crippen LogP) is 3.12. The lowest BCUT2D eigenvalue weighted by molar-refractivity contribution is 0.139. The molecule has 0 unspecified atom stereocenters. The number of anilines is 1. The second kappa shape index (κ2) is 9.07. The van der Waals surface area contributed by atoms with Gasteiger partial charge >= 0.3 is 0 Å². The number of imidazole rings is 1. The monoisotopic (exact) mass is 426 g/mol. The van der Waals surface area contributed by atoms with E-state index in [0.717, 1.165) is 66.7 Å². The molecule has 1 saturated heterocycles. The maximum atomic E-state index is 6.54. The maximum absolute atomic E-state index is 6.54. The minimum atomic E-state index is 0.754. The van der Waals surface area contributed by atoms with E-state index in [9.17, 15) is 0 Å². The first kappa shape index (κ1) is 20.6. The van der Waals surface area contributed by atoms with E-state index in [1.807, 2.05) is 17.1 Å². The molecule has 0 aliphatic carbocycles. The summed E-state index contributed by atoms with van der Waals surface area (Å²) in [7, 11) is 0. The van der Waals surface area contributed by atoms with E-state index < -0.39 is 0 Å². The van der Waals surface area contributed by atoms with Crippen molar-refractivity contribution in [3.8, 4) is 11.8 Å². The number of benzene rings is 2. The zero-order valence-electron chi connectivity index (χ0n) is 18.7. The van der Waals surface area contributed by atoms with Crippen LogP contribution < -0.4 is 10.7 Å². The number of nitrogens with two attached hydrogens (primary N) is 1. The average molecular weight is 427 g/mol. The molecule has 3 heterocycles. The van der Waals surface area contributed by atoms with Gasteiger partial charge in [0.1, 0.15) is 6.33 Å². The Morgan fingerprint density at radius 3 is 2.72 bits per heavy atom. The van der Waals surface area contributed by atoms with Crippen LogP contribution in [0.25, 0.3) is 16.8 Å². The van der Waals surface area contributed by atoms with Crippen molar-refractivity contribution in [2.24, 2.45) is 0 Å². The Bertz CT molecular complexity index is 1180. The molecule has 32 heavy (non-hydrogen) atoms. The quantitative estimate of drug-likeness (QED) is 0.513. The maximum Gasteiger partial charge on any atom is 0.114 e. The summed E-state index contributed by atoms with van der Waals surface area (Å²) in [6.45, 7) is 9.85. The first-order chi connectivity index (χ1) is 15.7. The van der Waals surface area contributed by atoms with Crippen LogP contribution >= 0.6 is 0 Å². The van der Waals surface area contributed by atoms with Crippen molar-refractivity contribution >= 4 is 22.5 Å². The van der Waals surface area contributed by atoms with Gasteiger partial charge in [-0.25, -0.2) is 9.66 Å². The minimum absolute atomic E-state index is 0.754. The van der Waals surface area contributed by atoms with Crippen molar-refractivity contribution in [1.29, 1.82) is 0 Å². The lowest BCUT2D eigenvalue weighted by Gasteiger charge is -2.33. The molecule has 0 amide bonds. The fourth-order valence-electron chi connectivity index (χ4n) is 4.57. The SMILES string of the molecule is CCN1CCN(CCC#Cc2ccc3c(N)c4c(cc3c2)CN(n2ccnc2)C=C4)CC1. The van der Waals surface area contributed by atoms with Crippen molar-refractivity contribution in [1.82, 2.24) is 19.5 Å². The van der Waals surface area contributed by atoms with Gasteiger partial charge in [0.25, 0.3) is 0 Å². The lowest BCUT2D eigenvalue weighted by Crippen LogP contribution is -2.46. The van der Waals surface area contributed by atoms with E-state index in [2.05, 4.69) is 68.9 Å². The molecule has 0 saturated carbocycles. The summed E-state index contributed by atoms with van der Waals surface area (Å²) in [4.78, 5) is 9.17. The van der Waals surface area contributed by atoms with E-state index in [1.54, 1.807) is 12.5 Å².